The molecule has 5 nitrogen and oxygen atoms in total. The van der Waals surface area contributed by atoms with Crippen LogP contribution in [0.25, 0.3) is 0 Å². The number of carbonyl (C=O) groups is 2. The summed E-state index contributed by atoms with van der Waals surface area (Å²) in [6.45, 7) is 4.86. The summed E-state index contributed by atoms with van der Waals surface area (Å²) >= 11 is 0. The van der Waals surface area contributed by atoms with E-state index in [9.17, 15) is 9.59 Å². The van der Waals surface area contributed by atoms with Gasteiger partial charge < -0.3 is 15.0 Å². The molecule has 1 heterocycles. The first-order valence-corrected chi connectivity index (χ1v) is 9.90. The molecule has 3 rings (SSSR count). The number of benzene rings is 2. The van der Waals surface area contributed by atoms with Gasteiger partial charge in [0.1, 0.15) is 5.75 Å². The third-order valence-corrected chi connectivity index (χ3v) is 5.33. The predicted molar refractivity (Wildman–Crippen MR) is 111 cm³/mol. The van der Waals surface area contributed by atoms with Crippen molar-refractivity contribution in [3.63, 3.8) is 0 Å². The normalized spacial score (nSPS) is 16.5. The van der Waals surface area contributed by atoms with E-state index in [0.717, 1.165) is 31.4 Å². The maximum atomic E-state index is 13.0. The molecule has 1 atom stereocenters. The van der Waals surface area contributed by atoms with Gasteiger partial charge in [-0.2, -0.15) is 0 Å². The number of likely N-dealkylation sites (tertiary alicyclic amines) is 1. The van der Waals surface area contributed by atoms with Crippen molar-refractivity contribution in [1.82, 2.24) is 4.90 Å². The predicted octanol–water partition coefficient (Wildman–Crippen LogP) is 4.66. The van der Waals surface area contributed by atoms with Crippen LogP contribution in [0.1, 0.15) is 58.9 Å². The van der Waals surface area contributed by atoms with Gasteiger partial charge in [0.25, 0.3) is 11.8 Å². The average molecular weight is 380 g/mol. The Morgan fingerprint density at radius 1 is 1.14 bits per heavy atom. The molecule has 2 amide bonds. The van der Waals surface area contributed by atoms with Crippen molar-refractivity contribution in [1.29, 1.82) is 0 Å². The number of aryl methyl sites for hydroxylation is 1. The third kappa shape index (κ3) is 4.35. The topological polar surface area (TPSA) is 58.6 Å². The van der Waals surface area contributed by atoms with Crippen LogP contribution in [0.15, 0.2) is 42.5 Å². The maximum Gasteiger partial charge on any atom is 0.255 e. The Balaban J connectivity index is 1.80. The number of nitrogens with one attached hydrogen (secondary N) is 1. The number of hydrogen-bond donors (Lipinski definition) is 1. The molecular formula is C23H28N2O3. The van der Waals surface area contributed by atoms with Gasteiger partial charge in [-0.25, -0.2) is 0 Å². The Kier molecular flexibility index (Phi) is 6.34. The number of nitrogens with zero attached hydrogens (tertiary/aromatic N) is 1. The summed E-state index contributed by atoms with van der Waals surface area (Å²) in [5, 5.41) is 2.90. The quantitative estimate of drug-likeness (QED) is 0.821. The van der Waals surface area contributed by atoms with Crippen LogP contribution in [0.4, 0.5) is 5.69 Å². The lowest BCUT2D eigenvalue weighted by Gasteiger charge is -2.35. The molecule has 0 aromatic heterocycles. The van der Waals surface area contributed by atoms with Gasteiger partial charge in [-0.15, -0.1) is 0 Å². The lowest BCUT2D eigenvalue weighted by molar-refractivity contribution is 0.0608. The van der Waals surface area contributed by atoms with Crippen LogP contribution in [0.3, 0.4) is 0 Å². The molecule has 1 fully saturated rings. The number of rotatable bonds is 5. The molecule has 28 heavy (non-hydrogen) atoms. The summed E-state index contributed by atoms with van der Waals surface area (Å²) in [5.41, 5.74) is 2.66. The number of ether oxygens (including phenoxy) is 1. The third-order valence-electron chi connectivity index (χ3n) is 5.33. The summed E-state index contributed by atoms with van der Waals surface area (Å²) in [5.74, 6) is 0.351. The molecule has 5 heteroatoms. The van der Waals surface area contributed by atoms with Crippen molar-refractivity contribution in [3.8, 4) is 5.75 Å². The van der Waals surface area contributed by atoms with Gasteiger partial charge in [0, 0.05) is 23.7 Å². The molecule has 0 saturated carbocycles. The summed E-state index contributed by atoms with van der Waals surface area (Å²) in [6.07, 6.45) is 4.22. The number of methoxy groups -OCH3 is 1. The minimum atomic E-state index is -0.260. The molecule has 0 aliphatic carbocycles. The van der Waals surface area contributed by atoms with Crippen molar-refractivity contribution < 1.29 is 14.3 Å². The van der Waals surface area contributed by atoms with Gasteiger partial charge in [0.15, 0.2) is 0 Å². The van der Waals surface area contributed by atoms with E-state index in [1.54, 1.807) is 31.4 Å². The second-order valence-electron chi connectivity index (χ2n) is 7.30. The van der Waals surface area contributed by atoms with Crippen molar-refractivity contribution >= 4 is 17.5 Å². The van der Waals surface area contributed by atoms with Gasteiger partial charge in [-0.3, -0.25) is 9.59 Å². The van der Waals surface area contributed by atoms with Crippen LogP contribution >= 0.6 is 0 Å². The number of carbonyl (C=O) groups excluding carboxylic acids is 2. The Bertz CT molecular complexity index is 863. The van der Waals surface area contributed by atoms with Crippen LogP contribution in [-0.4, -0.2) is 36.4 Å². The molecule has 1 saturated heterocycles. The zero-order chi connectivity index (χ0) is 20.1. The van der Waals surface area contributed by atoms with Crippen LogP contribution in [0.5, 0.6) is 5.75 Å². The van der Waals surface area contributed by atoms with Gasteiger partial charge >= 0.3 is 0 Å². The van der Waals surface area contributed by atoms with Gasteiger partial charge in [-0.1, -0.05) is 19.1 Å². The first kappa shape index (κ1) is 19.9. The van der Waals surface area contributed by atoms with E-state index < -0.39 is 0 Å². The first-order valence-electron chi connectivity index (χ1n) is 9.90. The molecule has 2 aromatic rings. The minimum Gasteiger partial charge on any atom is -0.495 e. The summed E-state index contributed by atoms with van der Waals surface area (Å²) in [4.78, 5) is 27.8. The maximum absolute atomic E-state index is 13.0. The molecule has 148 valence electrons. The zero-order valence-corrected chi connectivity index (χ0v) is 16.8. The van der Waals surface area contributed by atoms with Crippen LogP contribution in [-0.2, 0) is 0 Å². The summed E-state index contributed by atoms with van der Waals surface area (Å²) in [6, 6.07) is 12.9. The van der Waals surface area contributed by atoms with Gasteiger partial charge in [0.05, 0.1) is 12.8 Å². The zero-order valence-electron chi connectivity index (χ0n) is 16.8. The standard InChI is InChI=1S/C23H28N2O3/c1-4-19-10-5-6-13-25(19)23(27)18-9-7-8-17(15-18)22(26)24-20-14-16(2)11-12-21(20)28-3/h7-9,11-12,14-15,19H,4-6,10,13H2,1-3H3,(H,24,26). The van der Waals surface area contributed by atoms with E-state index in [4.69, 9.17) is 4.74 Å². The first-order chi connectivity index (χ1) is 13.5. The summed E-state index contributed by atoms with van der Waals surface area (Å²) < 4.78 is 5.33. The molecule has 1 unspecified atom stereocenters. The molecule has 2 aromatic carbocycles. The van der Waals surface area contributed by atoms with E-state index in [0.29, 0.717) is 22.6 Å². The van der Waals surface area contributed by atoms with E-state index in [1.807, 2.05) is 30.0 Å². The molecule has 0 spiro atoms. The fraction of sp³-hybridized carbons (Fsp3) is 0.391. The van der Waals surface area contributed by atoms with Gasteiger partial charge in [-0.05, 0) is 68.5 Å². The Hall–Kier alpha value is -2.82. The summed E-state index contributed by atoms with van der Waals surface area (Å²) in [7, 11) is 1.57. The van der Waals surface area contributed by atoms with E-state index in [1.165, 1.54) is 6.42 Å². The van der Waals surface area contributed by atoms with E-state index in [-0.39, 0.29) is 17.9 Å². The second kappa shape index (κ2) is 8.91. The number of hydrogen-bond acceptors (Lipinski definition) is 3. The highest BCUT2D eigenvalue weighted by Crippen LogP contribution is 2.26. The van der Waals surface area contributed by atoms with Crippen molar-refractivity contribution in [3.05, 3.63) is 59.2 Å². The lowest BCUT2D eigenvalue weighted by Crippen LogP contribution is -2.43. The van der Waals surface area contributed by atoms with Gasteiger partial charge in [0.2, 0.25) is 0 Å². The molecule has 1 N–H and O–H groups in total. The molecular weight excluding hydrogens is 352 g/mol. The van der Waals surface area contributed by atoms with Crippen molar-refractivity contribution in [2.45, 2.75) is 45.6 Å². The SMILES string of the molecule is CCC1CCCCN1C(=O)c1cccc(C(=O)Nc2cc(C)ccc2OC)c1. The highest BCUT2D eigenvalue weighted by Gasteiger charge is 2.26. The van der Waals surface area contributed by atoms with Crippen molar-refractivity contribution in [2.75, 3.05) is 19.0 Å². The van der Waals surface area contributed by atoms with Crippen molar-refractivity contribution in [2.24, 2.45) is 0 Å². The number of anilines is 1. The Morgan fingerprint density at radius 3 is 2.68 bits per heavy atom. The molecule has 0 radical (unpaired) electrons. The van der Waals surface area contributed by atoms with E-state index in [2.05, 4.69) is 12.2 Å². The number of amides is 2. The molecule has 0 bridgehead atoms. The second-order valence-corrected chi connectivity index (χ2v) is 7.30. The van der Waals surface area contributed by atoms with E-state index >= 15 is 0 Å². The Labute approximate surface area is 166 Å². The fourth-order valence-electron chi connectivity index (χ4n) is 3.77. The molecule has 1 aliphatic heterocycles. The van der Waals surface area contributed by atoms with Crippen LogP contribution < -0.4 is 10.1 Å². The monoisotopic (exact) mass is 380 g/mol. The van der Waals surface area contributed by atoms with Crippen LogP contribution in [0.2, 0.25) is 0 Å². The number of piperidine rings is 1. The largest absolute Gasteiger partial charge is 0.495 e. The fourth-order valence-corrected chi connectivity index (χ4v) is 3.77. The lowest BCUT2D eigenvalue weighted by atomic mass is 9.98. The minimum absolute atomic E-state index is 0.00864. The van der Waals surface area contributed by atoms with Crippen LogP contribution in [0, 0.1) is 6.92 Å². The smallest absolute Gasteiger partial charge is 0.255 e. The highest BCUT2D eigenvalue weighted by atomic mass is 16.5. The molecule has 1 aliphatic rings. The highest BCUT2D eigenvalue weighted by molar-refractivity contribution is 6.06. The average Bonchev–Trinajstić information content (AvgIpc) is 2.73. The Morgan fingerprint density at radius 2 is 1.93 bits per heavy atom.